The van der Waals surface area contributed by atoms with Gasteiger partial charge in [-0.3, -0.25) is 14.5 Å². The lowest BCUT2D eigenvalue weighted by molar-refractivity contribution is 0.102. The van der Waals surface area contributed by atoms with E-state index in [-0.39, 0.29) is 11.1 Å². The third-order valence-electron chi connectivity index (χ3n) is 6.03. The van der Waals surface area contributed by atoms with Crippen LogP contribution >= 0.6 is 0 Å². The first kappa shape index (κ1) is 25.6. The van der Waals surface area contributed by atoms with Gasteiger partial charge in [-0.1, -0.05) is 6.07 Å². The molecular weight excluding hydrogens is 478 g/mol. The Morgan fingerprint density at radius 1 is 1.16 bits per heavy atom. The summed E-state index contributed by atoms with van der Waals surface area (Å²) in [5, 5.41) is 8.33. The highest BCUT2D eigenvalue weighted by molar-refractivity contribution is 6.05. The molecule has 2 aromatic carbocycles. The van der Waals surface area contributed by atoms with E-state index < -0.39 is 12.3 Å². The zero-order valence-corrected chi connectivity index (χ0v) is 20.9. The maximum Gasteiger partial charge on any atom is 0.263 e. The Morgan fingerprint density at radius 2 is 1.92 bits per heavy atom. The number of carbonyl (C=O) groups excluding carboxylic acids is 1. The number of aryl methyl sites for hydroxylation is 3. The molecule has 5 N–H and O–H groups in total. The minimum Gasteiger partial charge on any atom is -0.397 e. The number of hydrogen-bond donors (Lipinski definition) is 3. The SMILES string of the molecule is Cc1cn(-c2cc(C(=O)Nc3ccc(C)c(N(N)/C=C(\N)c4cnn(C)c4C)c3)cc(C(F)F)c2)cn1. The molecule has 0 atom stereocenters. The van der Waals surface area contributed by atoms with Gasteiger partial charge in [-0.05, 0) is 56.7 Å². The Labute approximate surface area is 213 Å². The van der Waals surface area contributed by atoms with Crippen LogP contribution in [0.25, 0.3) is 11.4 Å². The number of hydrogen-bond acceptors (Lipinski definition) is 6. The second kappa shape index (κ2) is 10.2. The maximum absolute atomic E-state index is 13.6. The summed E-state index contributed by atoms with van der Waals surface area (Å²) in [4.78, 5) is 17.2. The molecule has 0 aliphatic rings. The number of halogens is 2. The number of nitrogens with zero attached hydrogens (tertiary/aromatic N) is 5. The minimum atomic E-state index is -2.74. The maximum atomic E-state index is 13.6. The Kier molecular flexibility index (Phi) is 7.07. The lowest BCUT2D eigenvalue weighted by atomic mass is 10.1. The van der Waals surface area contributed by atoms with Crippen LogP contribution in [0.3, 0.4) is 0 Å². The van der Waals surface area contributed by atoms with E-state index in [2.05, 4.69) is 15.4 Å². The molecule has 0 saturated carbocycles. The van der Waals surface area contributed by atoms with Crippen LogP contribution in [0, 0.1) is 20.8 Å². The van der Waals surface area contributed by atoms with Gasteiger partial charge in [0, 0.05) is 53.2 Å². The largest absolute Gasteiger partial charge is 0.397 e. The lowest BCUT2D eigenvalue weighted by Crippen LogP contribution is -2.26. The van der Waals surface area contributed by atoms with Crippen LogP contribution in [0.4, 0.5) is 20.2 Å². The van der Waals surface area contributed by atoms with Crippen molar-refractivity contribution in [3.05, 3.63) is 95.0 Å². The first-order valence-corrected chi connectivity index (χ1v) is 11.4. The number of hydrazine groups is 1. The molecule has 4 rings (SSSR count). The number of carbonyl (C=O) groups is 1. The summed E-state index contributed by atoms with van der Waals surface area (Å²) in [6.45, 7) is 5.55. The molecular formula is C26H28F2N8O. The molecule has 0 bridgehead atoms. The van der Waals surface area contributed by atoms with Gasteiger partial charge in [0.25, 0.3) is 12.3 Å². The summed E-state index contributed by atoms with van der Waals surface area (Å²) in [6.07, 6.45) is 3.69. The Hall–Kier alpha value is -4.51. The fourth-order valence-electron chi connectivity index (χ4n) is 3.84. The zero-order chi connectivity index (χ0) is 26.9. The Morgan fingerprint density at radius 3 is 2.54 bits per heavy atom. The lowest BCUT2D eigenvalue weighted by Gasteiger charge is -2.19. The fraction of sp³-hybridized carbons (Fsp3) is 0.192. The predicted molar refractivity (Wildman–Crippen MR) is 139 cm³/mol. The van der Waals surface area contributed by atoms with Crippen LogP contribution in [0.1, 0.15) is 44.9 Å². The van der Waals surface area contributed by atoms with Gasteiger partial charge in [-0.2, -0.15) is 5.10 Å². The van der Waals surface area contributed by atoms with Crippen molar-refractivity contribution in [2.45, 2.75) is 27.2 Å². The van der Waals surface area contributed by atoms with Crippen LogP contribution in [0.15, 0.2) is 61.3 Å². The van der Waals surface area contributed by atoms with E-state index in [0.29, 0.717) is 22.8 Å². The molecule has 37 heavy (non-hydrogen) atoms. The van der Waals surface area contributed by atoms with Crippen molar-refractivity contribution in [2.24, 2.45) is 18.6 Å². The zero-order valence-electron chi connectivity index (χ0n) is 20.9. The standard InChI is InChI=1S/C26H28F2N8O/c1-15-5-6-20(10-24(15)36(30)13-23(29)22-11-32-34(4)17(22)3)33-26(37)19-7-18(25(27)28)8-21(9-19)35-12-16(2)31-14-35/h5-14,25H,29-30H2,1-4H3,(H,33,37)/b23-13-. The highest BCUT2D eigenvalue weighted by Gasteiger charge is 2.16. The second-order valence-electron chi connectivity index (χ2n) is 8.75. The summed E-state index contributed by atoms with van der Waals surface area (Å²) in [5.74, 6) is 5.74. The van der Waals surface area contributed by atoms with Crippen molar-refractivity contribution in [3.8, 4) is 5.69 Å². The molecule has 1 amide bonds. The van der Waals surface area contributed by atoms with E-state index in [9.17, 15) is 13.6 Å². The number of nitrogens with one attached hydrogen (secondary N) is 1. The molecule has 0 aliphatic heterocycles. The van der Waals surface area contributed by atoms with Crippen molar-refractivity contribution in [3.63, 3.8) is 0 Å². The number of anilines is 2. The second-order valence-corrected chi connectivity index (χ2v) is 8.75. The first-order chi connectivity index (χ1) is 17.5. The van der Waals surface area contributed by atoms with Crippen molar-refractivity contribution in [2.75, 3.05) is 10.3 Å². The number of rotatable bonds is 7. The van der Waals surface area contributed by atoms with Crippen LogP contribution in [-0.4, -0.2) is 25.2 Å². The van der Waals surface area contributed by atoms with Gasteiger partial charge < -0.3 is 15.6 Å². The van der Waals surface area contributed by atoms with Crippen molar-refractivity contribution < 1.29 is 13.6 Å². The molecule has 2 heterocycles. The number of aromatic nitrogens is 4. The number of benzene rings is 2. The monoisotopic (exact) mass is 506 g/mol. The van der Waals surface area contributed by atoms with E-state index in [4.69, 9.17) is 11.6 Å². The van der Waals surface area contributed by atoms with E-state index in [1.54, 1.807) is 53.0 Å². The normalized spacial score (nSPS) is 11.7. The molecule has 0 aliphatic carbocycles. The van der Waals surface area contributed by atoms with Crippen LogP contribution in [0.2, 0.25) is 0 Å². The third kappa shape index (κ3) is 5.51. The minimum absolute atomic E-state index is 0.0853. The molecule has 0 spiro atoms. The van der Waals surface area contributed by atoms with Gasteiger partial charge in [0.1, 0.15) is 0 Å². The average Bonchev–Trinajstić information content (AvgIpc) is 3.44. The average molecular weight is 507 g/mol. The molecule has 0 radical (unpaired) electrons. The Bertz CT molecular complexity index is 1490. The fourth-order valence-corrected chi connectivity index (χ4v) is 3.84. The third-order valence-corrected chi connectivity index (χ3v) is 6.03. The van der Waals surface area contributed by atoms with Gasteiger partial charge in [-0.15, -0.1) is 0 Å². The molecule has 0 unspecified atom stereocenters. The van der Waals surface area contributed by atoms with Crippen LogP contribution in [-0.2, 0) is 7.05 Å². The molecule has 4 aromatic rings. The van der Waals surface area contributed by atoms with Crippen molar-refractivity contribution in [1.82, 2.24) is 19.3 Å². The Balaban J connectivity index is 1.61. The van der Waals surface area contributed by atoms with Crippen LogP contribution in [0.5, 0.6) is 0 Å². The summed E-state index contributed by atoms with van der Waals surface area (Å²) >= 11 is 0. The smallest absolute Gasteiger partial charge is 0.263 e. The predicted octanol–water partition coefficient (Wildman–Crippen LogP) is 4.36. The molecule has 0 fully saturated rings. The summed E-state index contributed by atoms with van der Waals surface area (Å²) in [7, 11) is 1.82. The summed E-state index contributed by atoms with van der Waals surface area (Å²) in [5.41, 5.74) is 11.1. The molecule has 0 saturated heterocycles. The van der Waals surface area contributed by atoms with Gasteiger partial charge in [0.05, 0.1) is 29.6 Å². The molecule has 9 nitrogen and oxygen atoms in total. The van der Waals surface area contributed by atoms with E-state index in [0.717, 1.165) is 22.5 Å². The molecule has 2 aromatic heterocycles. The van der Waals surface area contributed by atoms with E-state index in [1.807, 2.05) is 20.9 Å². The topological polar surface area (TPSA) is 120 Å². The van der Waals surface area contributed by atoms with Gasteiger partial charge in [-0.25, -0.2) is 19.6 Å². The number of nitrogens with two attached hydrogens (primary N) is 2. The highest BCUT2D eigenvalue weighted by Crippen LogP contribution is 2.27. The number of alkyl halides is 2. The summed E-state index contributed by atoms with van der Waals surface area (Å²) in [6, 6.07) is 9.23. The number of amides is 1. The number of imidazole rings is 1. The van der Waals surface area contributed by atoms with E-state index in [1.165, 1.54) is 29.5 Å². The first-order valence-electron chi connectivity index (χ1n) is 11.4. The van der Waals surface area contributed by atoms with Crippen LogP contribution < -0.4 is 21.9 Å². The highest BCUT2D eigenvalue weighted by atomic mass is 19.3. The molecule has 11 heteroatoms. The van der Waals surface area contributed by atoms with Gasteiger partial charge >= 0.3 is 0 Å². The van der Waals surface area contributed by atoms with E-state index >= 15 is 0 Å². The van der Waals surface area contributed by atoms with Gasteiger partial charge in [0.15, 0.2) is 0 Å². The quantitative estimate of drug-likeness (QED) is 0.253. The molecule has 192 valence electrons. The van der Waals surface area contributed by atoms with Crippen molar-refractivity contribution >= 4 is 23.0 Å². The summed E-state index contributed by atoms with van der Waals surface area (Å²) < 4.78 is 30.5. The van der Waals surface area contributed by atoms with Gasteiger partial charge in [0.2, 0.25) is 0 Å². The van der Waals surface area contributed by atoms with Crippen molar-refractivity contribution in [1.29, 1.82) is 0 Å².